The Labute approximate surface area is 110 Å². The van der Waals surface area contributed by atoms with E-state index < -0.39 is 0 Å². The van der Waals surface area contributed by atoms with Crippen molar-refractivity contribution in [2.75, 3.05) is 7.11 Å². The van der Waals surface area contributed by atoms with Gasteiger partial charge in [-0.2, -0.15) is 0 Å². The number of hydrogen-bond acceptors (Lipinski definition) is 3. The third kappa shape index (κ3) is 2.61. The number of thiazole rings is 1. The molecule has 1 heterocycles. The Morgan fingerprint density at radius 3 is 2.71 bits per heavy atom. The highest BCUT2D eigenvalue weighted by Crippen LogP contribution is 2.35. The van der Waals surface area contributed by atoms with Crippen LogP contribution in [0, 0.1) is 0 Å². The second-order valence-corrected chi connectivity index (χ2v) is 5.37. The summed E-state index contributed by atoms with van der Waals surface area (Å²) in [6, 6.07) is 5.62. The molecule has 0 saturated carbocycles. The molecule has 0 aliphatic carbocycles. The van der Waals surface area contributed by atoms with E-state index in [1.165, 1.54) is 0 Å². The van der Waals surface area contributed by atoms with Gasteiger partial charge in [-0.1, -0.05) is 25.4 Å². The molecule has 2 nitrogen and oxygen atoms in total. The van der Waals surface area contributed by atoms with Crippen molar-refractivity contribution in [2.45, 2.75) is 19.8 Å². The largest absolute Gasteiger partial charge is 0.496 e. The third-order valence-corrected chi connectivity index (χ3v) is 3.64. The van der Waals surface area contributed by atoms with E-state index in [0.29, 0.717) is 10.9 Å². The third-order valence-electron chi connectivity index (χ3n) is 2.51. The maximum atomic E-state index is 5.94. The fourth-order valence-corrected chi connectivity index (χ4v) is 2.69. The van der Waals surface area contributed by atoms with Crippen LogP contribution in [0.3, 0.4) is 0 Å². The van der Waals surface area contributed by atoms with Crippen LogP contribution in [-0.2, 0) is 0 Å². The van der Waals surface area contributed by atoms with Crippen LogP contribution in [0.25, 0.3) is 10.6 Å². The summed E-state index contributed by atoms with van der Waals surface area (Å²) in [6.07, 6.45) is 0. The Bertz CT molecular complexity index is 522. The summed E-state index contributed by atoms with van der Waals surface area (Å²) < 4.78 is 5.33. The minimum atomic E-state index is 0.443. The molecule has 0 radical (unpaired) electrons. The van der Waals surface area contributed by atoms with Gasteiger partial charge < -0.3 is 4.74 Å². The number of benzene rings is 1. The van der Waals surface area contributed by atoms with E-state index in [9.17, 15) is 0 Å². The predicted octanol–water partition coefficient (Wildman–Crippen LogP) is 4.60. The maximum absolute atomic E-state index is 5.94. The molecule has 0 bridgehead atoms. The van der Waals surface area contributed by atoms with E-state index in [1.54, 1.807) is 18.4 Å². The van der Waals surface area contributed by atoms with Crippen LogP contribution < -0.4 is 4.74 Å². The number of nitrogens with zero attached hydrogens (tertiary/aromatic N) is 1. The average Bonchev–Trinajstić information content (AvgIpc) is 2.78. The SMILES string of the molecule is COc1cc(Cl)ccc1-c1nc(C(C)C)cs1. The molecule has 0 fully saturated rings. The molecule has 0 atom stereocenters. The van der Waals surface area contributed by atoms with Gasteiger partial charge in [-0.15, -0.1) is 11.3 Å². The fraction of sp³-hybridized carbons (Fsp3) is 0.308. The number of rotatable bonds is 3. The molecule has 0 aliphatic rings. The van der Waals surface area contributed by atoms with Crippen molar-refractivity contribution in [1.29, 1.82) is 0 Å². The van der Waals surface area contributed by atoms with Crippen molar-refractivity contribution in [1.82, 2.24) is 4.98 Å². The van der Waals surface area contributed by atoms with Gasteiger partial charge >= 0.3 is 0 Å². The first-order valence-electron chi connectivity index (χ1n) is 5.41. The molecule has 0 saturated heterocycles. The zero-order chi connectivity index (χ0) is 12.4. The van der Waals surface area contributed by atoms with E-state index in [2.05, 4.69) is 24.2 Å². The molecule has 1 aromatic heterocycles. The summed E-state index contributed by atoms with van der Waals surface area (Å²) in [6.45, 7) is 4.27. The summed E-state index contributed by atoms with van der Waals surface area (Å²) >= 11 is 7.57. The first kappa shape index (κ1) is 12.4. The zero-order valence-electron chi connectivity index (χ0n) is 10.0. The second kappa shape index (κ2) is 5.07. The van der Waals surface area contributed by atoms with Gasteiger partial charge in [0.1, 0.15) is 10.8 Å². The maximum Gasteiger partial charge on any atom is 0.130 e. The normalized spacial score (nSPS) is 10.9. The van der Waals surface area contributed by atoms with Crippen LogP contribution in [0.15, 0.2) is 23.6 Å². The van der Waals surface area contributed by atoms with Crippen molar-refractivity contribution < 1.29 is 4.74 Å². The highest BCUT2D eigenvalue weighted by molar-refractivity contribution is 7.13. The Morgan fingerprint density at radius 2 is 2.12 bits per heavy atom. The second-order valence-electron chi connectivity index (χ2n) is 4.08. The van der Waals surface area contributed by atoms with E-state index >= 15 is 0 Å². The molecule has 1 aromatic carbocycles. The van der Waals surface area contributed by atoms with Gasteiger partial charge in [-0.05, 0) is 24.1 Å². The van der Waals surface area contributed by atoms with Crippen molar-refractivity contribution in [3.8, 4) is 16.3 Å². The van der Waals surface area contributed by atoms with Crippen LogP contribution in [0.2, 0.25) is 5.02 Å². The van der Waals surface area contributed by atoms with Crippen molar-refractivity contribution in [2.24, 2.45) is 0 Å². The molecule has 0 N–H and O–H groups in total. The van der Waals surface area contributed by atoms with Crippen molar-refractivity contribution in [3.63, 3.8) is 0 Å². The van der Waals surface area contributed by atoms with Crippen LogP contribution >= 0.6 is 22.9 Å². The number of methoxy groups -OCH3 is 1. The molecule has 0 aliphatic heterocycles. The lowest BCUT2D eigenvalue weighted by Crippen LogP contribution is -1.89. The van der Waals surface area contributed by atoms with E-state index in [1.807, 2.05) is 18.2 Å². The lowest BCUT2D eigenvalue weighted by atomic mass is 10.1. The Morgan fingerprint density at radius 1 is 1.35 bits per heavy atom. The van der Waals surface area contributed by atoms with Crippen LogP contribution in [-0.4, -0.2) is 12.1 Å². The van der Waals surface area contributed by atoms with Gasteiger partial charge in [0.05, 0.1) is 18.4 Å². The summed E-state index contributed by atoms with van der Waals surface area (Å²) in [7, 11) is 1.64. The monoisotopic (exact) mass is 267 g/mol. The topological polar surface area (TPSA) is 22.1 Å². The molecule has 0 spiro atoms. The van der Waals surface area contributed by atoms with Gasteiger partial charge in [0.15, 0.2) is 0 Å². The molecular weight excluding hydrogens is 254 g/mol. The molecule has 17 heavy (non-hydrogen) atoms. The molecule has 4 heteroatoms. The molecular formula is C13H14ClNOS. The van der Waals surface area contributed by atoms with Crippen LogP contribution in [0.5, 0.6) is 5.75 Å². The minimum absolute atomic E-state index is 0.443. The highest BCUT2D eigenvalue weighted by Gasteiger charge is 2.12. The number of hydrogen-bond donors (Lipinski definition) is 0. The van der Waals surface area contributed by atoms with E-state index in [-0.39, 0.29) is 0 Å². The number of aromatic nitrogens is 1. The Kier molecular flexibility index (Phi) is 3.69. The van der Waals surface area contributed by atoms with Gasteiger partial charge in [-0.25, -0.2) is 4.98 Å². The highest BCUT2D eigenvalue weighted by atomic mass is 35.5. The first-order valence-corrected chi connectivity index (χ1v) is 6.67. The Balaban J connectivity index is 2.44. The smallest absolute Gasteiger partial charge is 0.130 e. The summed E-state index contributed by atoms with van der Waals surface area (Å²) in [5, 5.41) is 3.74. The molecule has 2 aromatic rings. The van der Waals surface area contributed by atoms with Gasteiger partial charge in [0, 0.05) is 10.4 Å². The Hall–Kier alpha value is -1.06. The van der Waals surface area contributed by atoms with E-state index in [0.717, 1.165) is 22.0 Å². The molecule has 90 valence electrons. The minimum Gasteiger partial charge on any atom is -0.496 e. The van der Waals surface area contributed by atoms with Crippen molar-refractivity contribution >= 4 is 22.9 Å². The van der Waals surface area contributed by atoms with Gasteiger partial charge in [0.2, 0.25) is 0 Å². The van der Waals surface area contributed by atoms with E-state index in [4.69, 9.17) is 16.3 Å². The number of halogens is 1. The van der Waals surface area contributed by atoms with Crippen LogP contribution in [0.1, 0.15) is 25.5 Å². The molecule has 2 rings (SSSR count). The molecule has 0 amide bonds. The molecule has 0 unspecified atom stereocenters. The average molecular weight is 268 g/mol. The predicted molar refractivity (Wildman–Crippen MR) is 73.2 cm³/mol. The van der Waals surface area contributed by atoms with Crippen LogP contribution in [0.4, 0.5) is 0 Å². The summed E-state index contributed by atoms with van der Waals surface area (Å²) in [4.78, 5) is 4.61. The lowest BCUT2D eigenvalue weighted by molar-refractivity contribution is 0.416. The zero-order valence-corrected chi connectivity index (χ0v) is 11.6. The standard InChI is InChI=1S/C13H14ClNOS/c1-8(2)11-7-17-13(15-11)10-5-4-9(14)6-12(10)16-3/h4-8H,1-3H3. The van der Waals surface area contributed by atoms with Gasteiger partial charge in [-0.3, -0.25) is 0 Å². The summed E-state index contributed by atoms with van der Waals surface area (Å²) in [5.74, 6) is 1.21. The summed E-state index contributed by atoms with van der Waals surface area (Å²) in [5.41, 5.74) is 2.11. The quantitative estimate of drug-likeness (QED) is 0.811. The number of ether oxygens (including phenoxy) is 1. The lowest BCUT2D eigenvalue weighted by Gasteiger charge is -2.06. The van der Waals surface area contributed by atoms with Crippen molar-refractivity contribution in [3.05, 3.63) is 34.3 Å². The fourth-order valence-electron chi connectivity index (χ4n) is 1.52. The first-order chi connectivity index (χ1) is 8.11. The van der Waals surface area contributed by atoms with Gasteiger partial charge in [0.25, 0.3) is 0 Å².